The first-order valence-electron chi connectivity index (χ1n) is 8.47. The SMILES string of the molecule is C/C=C/CCc1ccc(COc2ccc3cc(F)c(F)cc3c2)c(F)c1. The molecular weight excluding hydrogens is 337 g/mol. The van der Waals surface area contributed by atoms with Gasteiger partial charge in [-0.05, 0) is 66.4 Å². The van der Waals surface area contributed by atoms with Crippen molar-refractivity contribution in [1.82, 2.24) is 0 Å². The minimum absolute atomic E-state index is 0.0656. The molecule has 26 heavy (non-hydrogen) atoms. The highest BCUT2D eigenvalue weighted by molar-refractivity contribution is 5.84. The van der Waals surface area contributed by atoms with Crippen LogP contribution in [0.2, 0.25) is 0 Å². The van der Waals surface area contributed by atoms with Gasteiger partial charge in [0.15, 0.2) is 11.6 Å². The molecule has 0 aromatic heterocycles. The van der Waals surface area contributed by atoms with Crippen LogP contribution in [0.4, 0.5) is 13.2 Å². The van der Waals surface area contributed by atoms with Crippen molar-refractivity contribution in [3.8, 4) is 5.75 Å². The van der Waals surface area contributed by atoms with Gasteiger partial charge in [0.1, 0.15) is 18.2 Å². The van der Waals surface area contributed by atoms with Gasteiger partial charge in [0.05, 0.1) is 0 Å². The van der Waals surface area contributed by atoms with E-state index in [-0.39, 0.29) is 12.4 Å². The fourth-order valence-electron chi connectivity index (χ4n) is 2.75. The maximum Gasteiger partial charge on any atom is 0.159 e. The largest absolute Gasteiger partial charge is 0.489 e. The Morgan fingerprint density at radius 2 is 1.62 bits per heavy atom. The zero-order valence-electron chi connectivity index (χ0n) is 14.4. The smallest absolute Gasteiger partial charge is 0.159 e. The molecule has 4 heteroatoms. The van der Waals surface area contributed by atoms with Gasteiger partial charge in [-0.3, -0.25) is 0 Å². The summed E-state index contributed by atoms with van der Waals surface area (Å²) >= 11 is 0. The zero-order chi connectivity index (χ0) is 18.5. The van der Waals surface area contributed by atoms with E-state index in [1.54, 1.807) is 24.3 Å². The lowest BCUT2D eigenvalue weighted by Gasteiger charge is -2.10. The first-order chi connectivity index (χ1) is 12.6. The van der Waals surface area contributed by atoms with E-state index in [2.05, 4.69) is 0 Å². The van der Waals surface area contributed by atoms with Crippen LogP contribution in [0.25, 0.3) is 10.8 Å². The average molecular weight is 356 g/mol. The van der Waals surface area contributed by atoms with Crippen LogP contribution in [0.5, 0.6) is 5.75 Å². The molecule has 0 heterocycles. The van der Waals surface area contributed by atoms with Crippen molar-refractivity contribution in [2.45, 2.75) is 26.4 Å². The lowest BCUT2D eigenvalue weighted by atomic mass is 10.1. The van der Waals surface area contributed by atoms with E-state index >= 15 is 0 Å². The standard InChI is InChI=1S/C22H19F3O/c1-2-3-4-5-15-6-7-17(20(23)10-15)14-26-19-9-8-16-12-21(24)22(25)13-18(16)11-19/h2-3,6-13H,4-5,14H2,1H3/b3-2+. The minimum atomic E-state index is -0.908. The van der Waals surface area contributed by atoms with E-state index in [4.69, 9.17) is 4.74 Å². The van der Waals surface area contributed by atoms with Gasteiger partial charge >= 0.3 is 0 Å². The normalized spacial score (nSPS) is 11.4. The van der Waals surface area contributed by atoms with Crippen molar-refractivity contribution in [1.29, 1.82) is 0 Å². The molecule has 0 aliphatic rings. The Labute approximate surface area is 150 Å². The summed E-state index contributed by atoms with van der Waals surface area (Å²) in [5, 5.41) is 1.11. The molecule has 0 saturated heterocycles. The minimum Gasteiger partial charge on any atom is -0.489 e. The summed E-state index contributed by atoms with van der Waals surface area (Å²) in [5.41, 5.74) is 1.39. The molecule has 3 rings (SSSR count). The van der Waals surface area contributed by atoms with Crippen LogP contribution in [-0.4, -0.2) is 0 Å². The fourth-order valence-corrected chi connectivity index (χ4v) is 2.75. The van der Waals surface area contributed by atoms with Gasteiger partial charge in [-0.2, -0.15) is 0 Å². The Kier molecular flexibility index (Phi) is 5.61. The molecule has 0 atom stereocenters. The number of halogens is 3. The Hall–Kier alpha value is -2.75. The van der Waals surface area contributed by atoms with Crippen molar-refractivity contribution in [2.24, 2.45) is 0 Å². The Bertz CT molecular complexity index is 948. The lowest BCUT2D eigenvalue weighted by Crippen LogP contribution is -2.00. The van der Waals surface area contributed by atoms with Crippen LogP contribution >= 0.6 is 0 Å². The molecule has 0 N–H and O–H groups in total. The number of fused-ring (bicyclic) bond motifs is 1. The van der Waals surface area contributed by atoms with E-state index in [1.165, 1.54) is 6.07 Å². The zero-order valence-corrected chi connectivity index (χ0v) is 14.4. The third-order valence-electron chi connectivity index (χ3n) is 4.20. The summed E-state index contributed by atoms with van der Waals surface area (Å²) in [6.07, 6.45) is 5.68. The average Bonchev–Trinajstić information content (AvgIpc) is 2.62. The molecule has 134 valence electrons. The molecule has 0 spiro atoms. The molecule has 0 bridgehead atoms. The van der Waals surface area contributed by atoms with E-state index in [1.807, 2.05) is 25.1 Å². The summed E-state index contributed by atoms with van der Waals surface area (Å²) in [5.74, 6) is -1.63. The molecule has 1 nitrogen and oxygen atoms in total. The Balaban J connectivity index is 1.70. The first-order valence-corrected chi connectivity index (χ1v) is 8.47. The second-order valence-corrected chi connectivity index (χ2v) is 6.10. The van der Waals surface area contributed by atoms with E-state index in [0.29, 0.717) is 22.1 Å². The van der Waals surface area contributed by atoms with Gasteiger partial charge in [-0.1, -0.05) is 30.4 Å². The second-order valence-electron chi connectivity index (χ2n) is 6.10. The summed E-state index contributed by atoms with van der Waals surface area (Å²) in [6.45, 7) is 2.02. The van der Waals surface area contributed by atoms with Gasteiger partial charge in [0.2, 0.25) is 0 Å². The summed E-state index contributed by atoms with van der Waals surface area (Å²) in [7, 11) is 0. The maximum atomic E-state index is 14.2. The Morgan fingerprint density at radius 3 is 2.35 bits per heavy atom. The van der Waals surface area contributed by atoms with Crippen LogP contribution in [0.3, 0.4) is 0 Å². The molecule has 0 aliphatic carbocycles. The number of hydrogen-bond donors (Lipinski definition) is 0. The fraction of sp³-hybridized carbons (Fsp3) is 0.182. The second kappa shape index (κ2) is 8.09. The van der Waals surface area contributed by atoms with Crippen molar-refractivity contribution >= 4 is 10.8 Å². The molecule has 3 aromatic carbocycles. The van der Waals surface area contributed by atoms with Gasteiger partial charge < -0.3 is 4.74 Å². The summed E-state index contributed by atoms with van der Waals surface area (Å²) < 4.78 is 46.5. The number of hydrogen-bond acceptors (Lipinski definition) is 1. The molecule has 0 amide bonds. The molecular formula is C22H19F3O. The van der Waals surface area contributed by atoms with Crippen LogP contribution in [0.15, 0.2) is 60.7 Å². The summed E-state index contributed by atoms with van der Waals surface area (Å²) in [4.78, 5) is 0. The number of ether oxygens (including phenoxy) is 1. The van der Waals surface area contributed by atoms with Crippen LogP contribution in [0, 0.1) is 17.5 Å². The van der Waals surface area contributed by atoms with Gasteiger partial charge in [0, 0.05) is 5.56 Å². The highest BCUT2D eigenvalue weighted by atomic mass is 19.2. The van der Waals surface area contributed by atoms with Crippen LogP contribution in [-0.2, 0) is 13.0 Å². The Morgan fingerprint density at radius 1 is 0.846 bits per heavy atom. The van der Waals surface area contributed by atoms with Gasteiger partial charge in [-0.25, -0.2) is 13.2 Å². The van der Waals surface area contributed by atoms with E-state index in [9.17, 15) is 13.2 Å². The maximum absolute atomic E-state index is 14.2. The van der Waals surface area contributed by atoms with Crippen LogP contribution < -0.4 is 4.74 Å². The molecule has 0 unspecified atom stereocenters. The quantitative estimate of drug-likeness (QED) is 0.468. The van der Waals surface area contributed by atoms with Crippen molar-refractivity contribution in [3.63, 3.8) is 0 Å². The molecule has 3 aromatic rings. The third kappa shape index (κ3) is 4.26. The van der Waals surface area contributed by atoms with Crippen molar-refractivity contribution in [2.75, 3.05) is 0 Å². The van der Waals surface area contributed by atoms with E-state index in [0.717, 1.165) is 30.5 Å². The van der Waals surface area contributed by atoms with Crippen molar-refractivity contribution in [3.05, 3.63) is 89.3 Å². The van der Waals surface area contributed by atoms with Gasteiger partial charge in [0.25, 0.3) is 0 Å². The number of aryl methyl sites for hydroxylation is 1. The molecule has 0 radical (unpaired) electrons. The monoisotopic (exact) mass is 356 g/mol. The lowest BCUT2D eigenvalue weighted by molar-refractivity contribution is 0.300. The van der Waals surface area contributed by atoms with E-state index < -0.39 is 11.6 Å². The predicted octanol–water partition coefficient (Wildman–Crippen LogP) is 6.34. The third-order valence-corrected chi connectivity index (χ3v) is 4.20. The number of rotatable bonds is 6. The highest BCUT2D eigenvalue weighted by Crippen LogP contribution is 2.24. The molecule has 0 saturated carbocycles. The van der Waals surface area contributed by atoms with Gasteiger partial charge in [-0.15, -0.1) is 0 Å². The van der Waals surface area contributed by atoms with Crippen LogP contribution in [0.1, 0.15) is 24.5 Å². The van der Waals surface area contributed by atoms with Crippen molar-refractivity contribution < 1.29 is 17.9 Å². The predicted molar refractivity (Wildman–Crippen MR) is 97.7 cm³/mol. The summed E-state index contributed by atoms with van der Waals surface area (Å²) in [6, 6.07) is 12.3. The molecule has 0 aliphatic heterocycles. The number of benzene rings is 3. The first kappa shape index (κ1) is 18.1. The number of allylic oxidation sites excluding steroid dienone is 2. The highest BCUT2D eigenvalue weighted by Gasteiger charge is 2.07. The topological polar surface area (TPSA) is 9.23 Å². The molecule has 0 fully saturated rings.